The largest absolute Gasteiger partial charge is 0.493 e. The summed E-state index contributed by atoms with van der Waals surface area (Å²) in [5.74, 6) is 1.59. The van der Waals surface area contributed by atoms with Gasteiger partial charge in [-0.1, -0.05) is 24.3 Å². The minimum Gasteiger partial charge on any atom is -0.493 e. The number of methoxy groups -OCH3 is 1. The second-order valence-corrected chi connectivity index (χ2v) is 7.72. The Morgan fingerprint density at radius 3 is 2.52 bits per heavy atom. The standard InChI is InChI=1S/C22H20N4O4S/c1-14-25-26-20(23)17(21(27)24-22(26)31-14)13-15-7-9-16(10-8-15)29-11-12-30-19-6-4-3-5-18(19)28-2/h3-10,13,23H,11-12H2,1-2H3. The zero-order valence-corrected chi connectivity index (χ0v) is 17.8. The Morgan fingerprint density at radius 1 is 1.06 bits per heavy atom. The molecule has 2 aliphatic rings. The average Bonchev–Trinajstić information content (AvgIpc) is 3.15. The molecule has 2 aliphatic heterocycles. The van der Waals surface area contributed by atoms with Crippen molar-refractivity contribution in [2.75, 3.05) is 20.3 Å². The summed E-state index contributed by atoms with van der Waals surface area (Å²) in [6.07, 6.45) is 1.63. The molecule has 1 amide bonds. The van der Waals surface area contributed by atoms with Crippen LogP contribution in [-0.2, 0) is 4.79 Å². The van der Waals surface area contributed by atoms with E-state index in [1.165, 1.54) is 16.8 Å². The minimum atomic E-state index is -0.442. The number of fused-ring (bicyclic) bond motifs is 1. The van der Waals surface area contributed by atoms with Crippen molar-refractivity contribution in [3.8, 4) is 17.2 Å². The molecule has 4 rings (SSSR count). The van der Waals surface area contributed by atoms with Gasteiger partial charge in [-0.2, -0.15) is 15.1 Å². The first kappa shape index (κ1) is 20.7. The molecule has 0 bridgehead atoms. The molecule has 0 atom stereocenters. The minimum absolute atomic E-state index is 0.0214. The van der Waals surface area contributed by atoms with E-state index in [4.69, 9.17) is 19.6 Å². The Morgan fingerprint density at radius 2 is 1.77 bits per heavy atom. The molecule has 0 fully saturated rings. The lowest BCUT2D eigenvalue weighted by Gasteiger charge is -2.20. The van der Waals surface area contributed by atoms with Gasteiger partial charge in [0.2, 0.25) is 5.17 Å². The first-order chi connectivity index (χ1) is 15.0. The number of nitrogens with zero attached hydrogens (tertiary/aromatic N) is 3. The Bertz CT molecular complexity index is 1110. The van der Waals surface area contributed by atoms with E-state index < -0.39 is 5.91 Å². The van der Waals surface area contributed by atoms with E-state index >= 15 is 0 Å². The highest BCUT2D eigenvalue weighted by Gasteiger charge is 2.34. The summed E-state index contributed by atoms with van der Waals surface area (Å²) < 4.78 is 16.7. The zero-order valence-electron chi connectivity index (χ0n) is 17.0. The lowest BCUT2D eigenvalue weighted by molar-refractivity contribution is -0.114. The van der Waals surface area contributed by atoms with Crippen LogP contribution in [0.2, 0.25) is 0 Å². The van der Waals surface area contributed by atoms with Gasteiger partial charge in [0, 0.05) is 0 Å². The molecule has 9 heteroatoms. The van der Waals surface area contributed by atoms with E-state index in [1.54, 1.807) is 25.3 Å². The van der Waals surface area contributed by atoms with Crippen molar-refractivity contribution < 1.29 is 19.0 Å². The van der Waals surface area contributed by atoms with Gasteiger partial charge in [-0.05, 0) is 54.6 Å². The summed E-state index contributed by atoms with van der Waals surface area (Å²) >= 11 is 1.28. The van der Waals surface area contributed by atoms with Gasteiger partial charge < -0.3 is 14.2 Å². The third-order valence-electron chi connectivity index (χ3n) is 4.43. The molecule has 0 saturated heterocycles. The van der Waals surface area contributed by atoms with E-state index in [2.05, 4.69) is 10.1 Å². The number of benzene rings is 2. The highest BCUT2D eigenvalue weighted by molar-refractivity contribution is 8.26. The number of rotatable bonds is 7. The van der Waals surface area contributed by atoms with E-state index in [0.29, 0.717) is 35.6 Å². The van der Waals surface area contributed by atoms with Crippen LogP contribution in [0.5, 0.6) is 17.2 Å². The van der Waals surface area contributed by atoms with Crippen molar-refractivity contribution >= 4 is 39.8 Å². The molecule has 1 N–H and O–H groups in total. The number of amides is 1. The summed E-state index contributed by atoms with van der Waals surface area (Å²) in [4.78, 5) is 16.4. The fourth-order valence-electron chi connectivity index (χ4n) is 2.96. The summed E-state index contributed by atoms with van der Waals surface area (Å²) in [5, 5.41) is 15.1. The SMILES string of the molecule is COc1ccccc1OCCOc1ccc(C=C2C(=N)N3N=C(C)SC3=NC2=O)cc1. The average molecular weight is 436 g/mol. The van der Waals surface area contributed by atoms with Crippen LogP contribution in [0.4, 0.5) is 0 Å². The maximum Gasteiger partial charge on any atom is 0.283 e. The molecule has 2 heterocycles. The number of thioether (sulfide) groups is 1. The highest BCUT2D eigenvalue weighted by atomic mass is 32.2. The van der Waals surface area contributed by atoms with E-state index in [9.17, 15) is 4.79 Å². The van der Waals surface area contributed by atoms with Crippen molar-refractivity contribution in [3.05, 3.63) is 59.7 Å². The van der Waals surface area contributed by atoms with Gasteiger partial charge in [0.1, 0.15) is 19.0 Å². The number of amidine groups is 2. The van der Waals surface area contributed by atoms with Gasteiger partial charge in [0.05, 0.1) is 17.7 Å². The smallest absolute Gasteiger partial charge is 0.283 e. The Hall–Kier alpha value is -3.59. The maximum atomic E-state index is 12.3. The van der Waals surface area contributed by atoms with Gasteiger partial charge in [-0.25, -0.2) is 0 Å². The predicted octanol–water partition coefficient (Wildman–Crippen LogP) is 3.79. The number of hydrazone groups is 1. The number of hydrogen-bond donors (Lipinski definition) is 1. The van der Waals surface area contributed by atoms with Crippen LogP contribution in [0.25, 0.3) is 6.08 Å². The maximum absolute atomic E-state index is 12.3. The zero-order chi connectivity index (χ0) is 21.8. The molecule has 0 spiro atoms. The Labute approximate surface area is 183 Å². The fraction of sp³-hybridized carbons (Fsp3) is 0.182. The number of nitrogens with one attached hydrogen (secondary N) is 1. The van der Waals surface area contributed by atoms with E-state index in [1.807, 2.05) is 43.3 Å². The third-order valence-corrected chi connectivity index (χ3v) is 5.25. The van der Waals surface area contributed by atoms with Gasteiger partial charge in [-0.15, -0.1) is 0 Å². The first-order valence-electron chi connectivity index (χ1n) is 9.50. The number of ether oxygens (including phenoxy) is 3. The van der Waals surface area contributed by atoms with Crippen LogP contribution in [0.1, 0.15) is 12.5 Å². The summed E-state index contributed by atoms with van der Waals surface area (Å²) in [5.41, 5.74) is 0.957. The summed E-state index contributed by atoms with van der Waals surface area (Å²) in [6, 6.07) is 14.7. The molecule has 0 unspecified atom stereocenters. The monoisotopic (exact) mass is 436 g/mol. The van der Waals surface area contributed by atoms with Gasteiger partial charge in [0.25, 0.3) is 5.91 Å². The number of carbonyl (C=O) groups excluding carboxylic acids is 1. The molecule has 0 aliphatic carbocycles. The lowest BCUT2D eigenvalue weighted by Crippen LogP contribution is -2.35. The molecule has 8 nitrogen and oxygen atoms in total. The summed E-state index contributed by atoms with van der Waals surface area (Å²) in [6.45, 7) is 2.54. The quantitative estimate of drug-likeness (QED) is 0.524. The first-order valence-corrected chi connectivity index (χ1v) is 10.3. The topological polar surface area (TPSA) is 96.6 Å². The number of carbonyl (C=O) groups is 1. The highest BCUT2D eigenvalue weighted by Crippen LogP contribution is 2.28. The lowest BCUT2D eigenvalue weighted by atomic mass is 10.1. The fourth-order valence-corrected chi connectivity index (χ4v) is 3.70. The van der Waals surface area contributed by atoms with E-state index in [-0.39, 0.29) is 11.4 Å². The summed E-state index contributed by atoms with van der Waals surface area (Å²) in [7, 11) is 1.60. The molecule has 0 saturated carbocycles. The Balaban J connectivity index is 1.35. The van der Waals surface area contributed by atoms with Crippen LogP contribution in [0.3, 0.4) is 0 Å². The normalized spacial score (nSPS) is 16.7. The van der Waals surface area contributed by atoms with Crippen molar-refractivity contribution in [2.45, 2.75) is 6.92 Å². The third kappa shape index (κ3) is 4.61. The molecule has 0 radical (unpaired) electrons. The van der Waals surface area contributed by atoms with Crippen LogP contribution in [-0.4, -0.2) is 47.3 Å². The van der Waals surface area contributed by atoms with Gasteiger partial charge >= 0.3 is 0 Å². The van der Waals surface area contributed by atoms with E-state index in [0.717, 1.165) is 10.6 Å². The molecule has 2 aromatic carbocycles. The molecular weight excluding hydrogens is 416 g/mol. The Kier molecular flexibility index (Phi) is 6.03. The second-order valence-electron chi connectivity index (χ2n) is 6.56. The van der Waals surface area contributed by atoms with Crippen LogP contribution < -0.4 is 14.2 Å². The molecule has 2 aromatic rings. The van der Waals surface area contributed by atoms with Crippen molar-refractivity contribution in [2.24, 2.45) is 10.1 Å². The molecule has 0 aromatic heterocycles. The van der Waals surface area contributed by atoms with Gasteiger partial charge in [0.15, 0.2) is 17.3 Å². The molecule has 31 heavy (non-hydrogen) atoms. The molecular formula is C22H20N4O4S. The van der Waals surface area contributed by atoms with Crippen molar-refractivity contribution in [1.29, 1.82) is 5.41 Å². The number of hydrogen-bond acceptors (Lipinski definition) is 7. The number of para-hydroxylation sites is 2. The van der Waals surface area contributed by atoms with Crippen LogP contribution in [0, 0.1) is 5.41 Å². The van der Waals surface area contributed by atoms with Crippen LogP contribution >= 0.6 is 11.8 Å². The van der Waals surface area contributed by atoms with Crippen molar-refractivity contribution in [3.63, 3.8) is 0 Å². The predicted molar refractivity (Wildman–Crippen MR) is 121 cm³/mol. The second kappa shape index (κ2) is 9.05. The van der Waals surface area contributed by atoms with Gasteiger partial charge in [-0.3, -0.25) is 10.2 Å². The molecule has 158 valence electrons. The van der Waals surface area contributed by atoms with Crippen molar-refractivity contribution in [1.82, 2.24) is 5.01 Å². The van der Waals surface area contributed by atoms with Crippen LogP contribution in [0.15, 0.2) is 64.2 Å². The number of aliphatic imine (C=N–C) groups is 1.